The van der Waals surface area contributed by atoms with Gasteiger partial charge >= 0.3 is 0 Å². The molecule has 0 aromatic carbocycles. The summed E-state index contributed by atoms with van der Waals surface area (Å²) in [5, 5.41) is 0. The van der Waals surface area contributed by atoms with Crippen LogP contribution in [0.4, 0.5) is 0 Å². The molecule has 0 amide bonds. The van der Waals surface area contributed by atoms with E-state index in [2.05, 4.69) is 37.7 Å². The van der Waals surface area contributed by atoms with Gasteiger partial charge in [-0.15, -0.1) is 0 Å². The van der Waals surface area contributed by atoms with Crippen molar-refractivity contribution in [3.05, 3.63) is 0 Å². The standard InChI is InChI=1S/C15H30N2O/c1-13(2)18-12-15(7-8-15)11-17-9-5-6-14(10-17)16(3)4/h13-14H,5-12H2,1-4H3/t14-/m1/s1. The molecular weight excluding hydrogens is 224 g/mol. The first kappa shape index (κ1) is 14.3. The van der Waals surface area contributed by atoms with Crippen LogP contribution in [0.1, 0.15) is 39.5 Å². The van der Waals surface area contributed by atoms with E-state index in [0.717, 1.165) is 12.6 Å². The summed E-state index contributed by atoms with van der Waals surface area (Å²) in [6.45, 7) is 9.03. The van der Waals surface area contributed by atoms with E-state index in [1.165, 1.54) is 45.3 Å². The molecule has 0 unspecified atom stereocenters. The fourth-order valence-corrected chi connectivity index (χ4v) is 2.94. The molecule has 3 heteroatoms. The summed E-state index contributed by atoms with van der Waals surface area (Å²) in [5.74, 6) is 0. The van der Waals surface area contributed by atoms with E-state index in [-0.39, 0.29) is 0 Å². The van der Waals surface area contributed by atoms with Crippen molar-refractivity contribution in [2.45, 2.75) is 51.7 Å². The summed E-state index contributed by atoms with van der Waals surface area (Å²) in [4.78, 5) is 5.06. The van der Waals surface area contributed by atoms with Gasteiger partial charge in [-0.3, -0.25) is 0 Å². The van der Waals surface area contributed by atoms with E-state index in [1.807, 2.05) is 0 Å². The molecule has 2 fully saturated rings. The second kappa shape index (κ2) is 5.89. The van der Waals surface area contributed by atoms with Gasteiger partial charge in [0.2, 0.25) is 0 Å². The van der Waals surface area contributed by atoms with Crippen molar-refractivity contribution < 1.29 is 4.74 Å². The van der Waals surface area contributed by atoms with Crippen molar-refractivity contribution in [3.63, 3.8) is 0 Å². The smallest absolute Gasteiger partial charge is 0.0538 e. The first-order valence-electron chi connectivity index (χ1n) is 7.51. The first-order chi connectivity index (χ1) is 8.51. The second-order valence-corrected chi connectivity index (χ2v) is 6.85. The molecule has 0 bridgehead atoms. The molecule has 1 aliphatic heterocycles. The van der Waals surface area contributed by atoms with Crippen molar-refractivity contribution in [1.82, 2.24) is 9.80 Å². The van der Waals surface area contributed by atoms with Crippen molar-refractivity contribution in [1.29, 1.82) is 0 Å². The van der Waals surface area contributed by atoms with Crippen LogP contribution < -0.4 is 0 Å². The van der Waals surface area contributed by atoms with Crippen LogP contribution in [-0.2, 0) is 4.74 Å². The molecule has 106 valence electrons. The second-order valence-electron chi connectivity index (χ2n) is 6.85. The van der Waals surface area contributed by atoms with Crippen LogP contribution in [-0.4, -0.2) is 62.3 Å². The quantitative estimate of drug-likeness (QED) is 0.723. The van der Waals surface area contributed by atoms with Crippen LogP contribution in [0.5, 0.6) is 0 Å². The maximum Gasteiger partial charge on any atom is 0.0538 e. The van der Waals surface area contributed by atoms with Gasteiger partial charge in [-0.1, -0.05) is 0 Å². The summed E-state index contributed by atoms with van der Waals surface area (Å²) in [5.41, 5.74) is 0.498. The lowest BCUT2D eigenvalue weighted by Gasteiger charge is -2.38. The molecule has 18 heavy (non-hydrogen) atoms. The number of rotatable bonds is 6. The molecule has 2 aliphatic rings. The van der Waals surface area contributed by atoms with E-state index in [1.54, 1.807) is 0 Å². The van der Waals surface area contributed by atoms with E-state index in [9.17, 15) is 0 Å². The van der Waals surface area contributed by atoms with Crippen LogP contribution in [0.15, 0.2) is 0 Å². The minimum atomic E-state index is 0.373. The predicted octanol–water partition coefficient (Wildman–Crippen LogP) is 2.22. The van der Waals surface area contributed by atoms with Crippen LogP contribution in [0.2, 0.25) is 0 Å². The van der Waals surface area contributed by atoms with E-state index in [0.29, 0.717) is 11.5 Å². The lowest BCUT2D eigenvalue weighted by Crippen LogP contribution is -2.47. The number of hydrogen-bond acceptors (Lipinski definition) is 3. The third kappa shape index (κ3) is 3.94. The van der Waals surface area contributed by atoms with E-state index < -0.39 is 0 Å². The third-order valence-electron chi connectivity index (χ3n) is 4.45. The highest BCUT2D eigenvalue weighted by atomic mass is 16.5. The Labute approximate surface area is 112 Å². The molecule has 2 rings (SSSR count). The van der Waals surface area contributed by atoms with Crippen LogP contribution in [0, 0.1) is 5.41 Å². The average molecular weight is 254 g/mol. The molecule has 3 nitrogen and oxygen atoms in total. The summed E-state index contributed by atoms with van der Waals surface area (Å²) in [7, 11) is 4.42. The number of nitrogens with zero attached hydrogens (tertiary/aromatic N) is 2. The summed E-state index contributed by atoms with van der Waals surface area (Å²) in [6.07, 6.45) is 5.81. The largest absolute Gasteiger partial charge is 0.378 e. The Balaban J connectivity index is 1.78. The zero-order valence-electron chi connectivity index (χ0n) is 12.6. The lowest BCUT2D eigenvalue weighted by molar-refractivity contribution is 0.0231. The highest BCUT2D eigenvalue weighted by Crippen LogP contribution is 2.47. The first-order valence-corrected chi connectivity index (χ1v) is 7.51. The summed E-state index contributed by atoms with van der Waals surface area (Å²) in [6, 6.07) is 0.751. The number of likely N-dealkylation sites (N-methyl/N-ethyl adjacent to an activating group) is 1. The maximum absolute atomic E-state index is 5.85. The molecule has 1 saturated heterocycles. The average Bonchev–Trinajstić information content (AvgIpc) is 3.07. The van der Waals surface area contributed by atoms with Crippen LogP contribution >= 0.6 is 0 Å². The van der Waals surface area contributed by atoms with E-state index in [4.69, 9.17) is 4.74 Å². The Morgan fingerprint density at radius 1 is 1.33 bits per heavy atom. The van der Waals surface area contributed by atoms with Gasteiger partial charge in [0.05, 0.1) is 12.7 Å². The highest BCUT2D eigenvalue weighted by molar-refractivity contribution is 4.96. The minimum absolute atomic E-state index is 0.373. The summed E-state index contributed by atoms with van der Waals surface area (Å²) >= 11 is 0. The zero-order chi connectivity index (χ0) is 13.2. The Morgan fingerprint density at radius 2 is 2.06 bits per heavy atom. The molecule has 0 aromatic heterocycles. The Morgan fingerprint density at radius 3 is 2.61 bits per heavy atom. The van der Waals surface area contributed by atoms with Crippen molar-refractivity contribution >= 4 is 0 Å². The van der Waals surface area contributed by atoms with Gasteiger partial charge < -0.3 is 14.5 Å². The van der Waals surface area contributed by atoms with Gasteiger partial charge in [0.15, 0.2) is 0 Å². The Bertz CT molecular complexity index is 261. The number of piperidine rings is 1. The molecule has 0 N–H and O–H groups in total. The normalized spacial score (nSPS) is 28.0. The zero-order valence-corrected chi connectivity index (χ0v) is 12.6. The minimum Gasteiger partial charge on any atom is -0.378 e. The van der Waals surface area contributed by atoms with Crippen molar-refractivity contribution in [2.24, 2.45) is 5.41 Å². The van der Waals surface area contributed by atoms with Crippen LogP contribution in [0.25, 0.3) is 0 Å². The topological polar surface area (TPSA) is 15.7 Å². The van der Waals surface area contributed by atoms with Crippen molar-refractivity contribution in [3.8, 4) is 0 Å². The van der Waals surface area contributed by atoms with Gasteiger partial charge in [0, 0.05) is 24.5 Å². The van der Waals surface area contributed by atoms with E-state index >= 15 is 0 Å². The van der Waals surface area contributed by atoms with Gasteiger partial charge in [0.1, 0.15) is 0 Å². The molecule has 0 radical (unpaired) electrons. The maximum atomic E-state index is 5.85. The van der Waals surface area contributed by atoms with Gasteiger partial charge in [0.25, 0.3) is 0 Å². The molecule has 1 heterocycles. The summed E-state index contributed by atoms with van der Waals surface area (Å²) < 4.78 is 5.85. The molecule has 1 aliphatic carbocycles. The molecule has 1 saturated carbocycles. The molecule has 1 atom stereocenters. The number of hydrogen-bond donors (Lipinski definition) is 0. The number of likely N-dealkylation sites (tertiary alicyclic amines) is 1. The Hall–Kier alpha value is -0.120. The molecule has 0 aromatic rings. The van der Waals surface area contributed by atoms with Gasteiger partial charge in [-0.05, 0) is 60.2 Å². The predicted molar refractivity (Wildman–Crippen MR) is 75.9 cm³/mol. The molecule has 0 spiro atoms. The number of ether oxygens (including phenoxy) is 1. The van der Waals surface area contributed by atoms with Crippen LogP contribution in [0.3, 0.4) is 0 Å². The SMILES string of the molecule is CC(C)OCC1(CN2CCC[C@@H](N(C)C)C2)CC1. The molecular formula is C15H30N2O. The fourth-order valence-electron chi connectivity index (χ4n) is 2.94. The van der Waals surface area contributed by atoms with Gasteiger partial charge in [-0.2, -0.15) is 0 Å². The Kier molecular flexibility index (Phi) is 4.68. The third-order valence-corrected chi connectivity index (χ3v) is 4.45. The van der Waals surface area contributed by atoms with Gasteiger partial charge in [-0.25, -0.2) is 0 Å². The fraction of sp³-hybridized carbons (Fsp3) is 1.00. The highest BCUT2D eigenvalue weighted by Gasteiger charge is 2.44. The monoisotopic (exact) mass is 254 g/mol. The lowest BCUT2D eigenvalue weighted by atomic mass is 10.0. The van der Waals surface area contributed by atoms with Crippen molar-refractivity contribution in [2.75, 3.05) is 40.3 Å².